The molecule has 2 N–H and O–H groups in total. The zero-order valence-corrected chi connectivity index (χ0v) is 10.4. The lowest BCUT2D eigenvalue weighted by Crippen LogP contribution is -2.29. The number of rotatable bonds is 7. The third kappa shape index (κ3) is 4.40. The molecule has 0 bridgehead atoms. The minimum absolute atomic E-state index is 0.0106. The number of carbonyl (C=O) groups is 1. The fourth-order valence-electron chi connectivity index (χ4n) is 1.57. The molecule has 6 nitrogen and oxygen atoms in total. The lowest BCUT2D eigenvalue weighted by Gasteiger charge is -2.19. The SMILES string of the molecule is COC(=O)c1cccc(CN(CCO)CCO)n1. The molecule has 1 heterocycles. The number of esters is 1. The van der Waals surface area contributed by atoms with Gasteiger partial charge in [0.25, 0.3) is 0 Å². The van der Waals surface area contributed by atoms with E-state index in [-0.39, 0.29) is 18.9 Å². The number of hydrogen-bond acceptors (Lipinski definition) is 6. The van der Waals surface area contributed by atoms with E-state index in [2.05, 4.69) is 9.72 Å². The molecule has 0 amide bonds. The van der Waals surface area contributed by atoms with E-state index >= 15 is 0 Å². The normalized spacial score (nSPS) is 10.7. The van der Waals surface area contributed by atoms with Gasteiger partial charge in [0.2, 0.25) is 0 Å². The van der Waals surface area contributed by atoms with Crippen molar-refractivity contribution in [3.8, 4) is 0 Å². The first kappa shape index (κ1) is 14.6. The van der Waals surface area contributed by atoms with Crippen LogP contribution >= 0.6 is 0 Å². The van der Waals surface area contributed by atoms with Crippen LogP contribution in [0.3, 0.4) is 0 Å². The zero-order valence-electron chi connectivity index (χ0n) is 10.4. The van der Waals surface area contributed by atoms with Crippen molar-refractivity contribution in [2.45, 2.75) is 6.54 Å². The maximum absolute atomic E-state index is 11.3. The lowest BCUT2D eigenvalue weighted by atomic mass is 10.3. The van der Waals surface area contributed by atoms with Gasteiger partial charge in [0.1, 0.15) is 5.69 Å². The van der Waals surface area contributed by atoms with E-state index in [9.17, 15) is 4.79 Å². The molecule has 0 radical (unpaired) electrons. The Morgan fingerprint density at radius 2 is 2.00 bits per heavy atom. The van der Waals surface area contributed by atoms with E-state index in [4.69, 9.17) is 10.2 Å². The first-order valence-electron chi connectivity index (χ1n) is 5.69. The molecule has 0 fully saturated rings. The molecular weight excluding hydrogens is 236 g/mol. The topological polar surface area (TPSA) is 82.9 Å². The minimum atomic E-state index is -0.479. The molecule has 0 spiro atoms. The van der Waals surface area contributed by atoms with Crippen molar-refractivity contribution < 1.29 is 19.7 Å². The quantitative estimate of drug-likeness (QED) is 0.647. The fourth-order valence-corrected chi connectivity index (χ4v) is 1.57. The van der Waals surface area contributed by atoms with Gasteiger partial charge in [-0.15, -0.1) is 0 Å². The van der Waals surface area contributed by atoms with Crippen LogP contribution in [-0.4, -0.2) is 59.5 Å². The summed E-state index contributed by atoms with van der Waals surface area (Å²) >= 11 is 0. The van der Waals surface area contributed by atoms with Crippen LogP contribution < -0.4 is 0 Å². The van der Waals surface area contributed by atoms with Gasteiger partial charge >= 0.3 is 5.97 Å². The summed E-state index contributed by atoms with van der Waals surface area (Å²) in [5, 5.41) is 17.8. The van der Waals surface area contributed by atoms with Crippen molar-refractivity contribution in [2.24, 2.45) is 0 Å². The number of aliphatic hydroxyl groups is 2. The van der Waals surface area contributed by atoms with Crippen LogP contribution in [0.1, 0.15) is 16.2 Å². The van der Waals surface area contributed by atoms with Gasteiger partial charge in [-0.2, -0.15) is 0 Å². The molecule has 1 aromatic heterocycles. The molecular formula is C12H18N2O4. The molecule has 0 unspecified atom stereocenters. The highest BCUT2D eigenvalue weighted by atomic mass is 16.5. The summed E-state index contributed by atoms with van der Waals surface area (Å²) in [7, 11) is 1.31. The smallest absolute Gasteiger partial charge is 0.356 e. The Bertz CT molecular complexity index is 378. The van der Waals surface area contributed by atoms with Gasteiger partial charge in [0, 0.05) is 19.6 Å². The minimum Gasteiger partial charge on any atom is -0.464 e. The molecule has 0 atom stereocenters. The van der Waals surface area contributed by atoms with Crippen LogP contribution in [-0.2, 0) is 11.3 Å². The number of carbonyl (C=O) groups excluding carboxylic acids is 1. The number of methoxy groups -OCH3 is 1. The maximum Gasteiger partial charge on any atom is 0.356 e. The van der Waals surface area contributed by atoms with Gasteiger partial charge in [0.05, 0.1) is 26.0 Å². The summed E-state index contributed by atoms with van der Waals surface area (Å²) in [6.45, 7) is 1.38. The van der Waals surface area contributed by atoms with Crippen molar-refractivity contribution in [2.75, 3.05) is 33.4 Å². The van der Waals surface area contributed by atoms with E-state index in [1.54, 1.807) is 18.2 Å². The Labute approximate surface area is 106 Å². The fraction of sp³-hybridized carbons (Fsp3) is 0.500. The first-order chi connectivity index (χ1) is 8.71. The number of aliphatic hydroxyl groups excluding tert-OH is 2. The summed E-state index contributed by atoms with van der Waals surface area (Å²) in [5.74, 6) is -0.479. The Balaban J connectivity index is 2.73. The third-order valence-corrected chi connectivity index (χ3v) is 2.42. The molecule has 0 saturated carbocycles. The van der Waals surface area contributed by atoms with Crippen molar-refractivity contribution in [1.29, 1.82) is 0 Å². The Morgan fingerprint density at radius 1 is 1.33 bits per heavy atom. The van der Waals surface area contributed by atoms with Crippen LogP contribution in [0.2, 0.25) is 0 Å². The summed E-state index contributed by atoms with van der Waals surface area (Å²) < 4.78 is 4.60. The van der Waals surface area contributed by atoms with Crippen LogP contribution in [0.25, 0.3) is 0 Å². The van der Waals surface area contributed by atoms with E-state index in [1.807, 2.05) is 4.90 Å². The Morgan fingerprint density at radius 3 is 2.56 bits per heavy atom. The molecule has 18 heavy (non-hydrogen) atoms. The molecule has 0 aliphatic heterocycles. The van der Waals surface area contributed by atoms with E-state index in [0.717, 1.165) is 0 Å². The molecule has 0 aliphatic rings. The molecule has 1 rings (SSSR count). The molecule has 0 aromatic carbocycles. The Kier molecular flexibility index (Phi) is 6.27. The number of nitrogens with zero attached hydrogens (tertiary/aromatic N) is 2. The third-order valence-electron chi connectivity index (χ3n) is 2.42. The largest absolute Gasteiger partial charge is 0.464 e. The highest BCUT2D eigenvalue weighted by molar-refractivity contribution is 5.87. The van der Waals surface area contributed by atoms with Gasteiger partial charge in [-0.3, -0.25) is 4.90 Å². The molecule has 100 valence electrons. The predicted octanol–water partition coefficient (Wildman–Crippen LogP) is -0.345. The number of pyridine rings is 1. The van der Waals surface area contributed by atoms with Crippen molar-refractivity contribution in [3.05, 3.63) is 29.6 Å². The summed E-state index contributed by atoms with van der Waals surface area (Å²) in [6, 6.07) is 5.09. The monoisotopic (exact) mass is 254 g/mol. The summed E-state index contributed by atoms with van der Waals surface area (Å²) in [6.07, 6.45) is 0. The van der Waals surface area contributed by atoms with Gasteiger partial charge in [0.15, 0.2) is 0 Å². The number of hydrogen-bond donors (Lipinski definition) is 2. The van der Waals surface area contributed by atoms with Crippen LogP contribution in [0.5, 0.6) is 0 Å². The van der Waals surface area contributed by atoms with Gasteiger partial charge in [-0.1, -0.05) is 6.07 Å². The van der Waals surface area contributed by atoms with Crippen molar-refractivity contribution in [3.63, 3.8) is 0 Å². The molecule has 6 heteroatoms. The van der Waals surface area contributed by atoms with Crippen LogP contribution in [0, 0.1) is 0 Å². The van der Waals surface area contributed by atoms with Crippen LogP contribution in [0.4, 0.5) is 0 Å². The van der Waals surface area contributed by atoms with Gasteiger partial charge in [-0.05, 0) is 12.1 Å². The van der Waals surface area contributed by atoms with Crippen LogP contribution in [0.15, 0.2) is 18.2 Å². The second kappa shape index (κ2) is 7.75. The van der Waals surface area contributed by atoms with E-state index < -0.39 is 5.97 Å². The Hall–Kier alpha value is -1.50. The molecule has 0 saturated heterocycles. The summed E-state index contributed by atoms with van der Waals surface area (Å²) in [5.41, 5.74) is 0.947. The zero-order chi connectivity index (χ0) is 13.4. The highest BCUT2D eigenvalue weighted by Gasteiger charge is 2.10. The number of ether oxygens (including phenoxy) is 1. The summed E-state index contributed by atoms with van der Waals surface area (Å²) in [4.78, 5) is 17.3. The van der Waals surface area contributed by atoms with Crippen molar-refractivity contribution in [1.82, 2.24) is 9.88 Å². The predicted molar refractivity (Wildman–Crippen MR) is 65.0 cm³/mol. The highest BCUT2D eigenvalue weighted by Crippen LogP contribution is 2.04. The first-order valence-corrected chi connectivity index (χ1v) is 5.69. The maximum atomic E-state index is 11.3. The molecule has 1 aromatic rings. The van der Waals surface area contributed by atoms with Crippen molar-refractivity contribution >= 4 is 5.97 Å². The standard InChI is InChI=1S/C12H18N2O4/c1-18-12(17)11-4-2-3-10(13-11)9-14(5-7-15)6-8-16/h2-4,15-16H,5-9H2,1H3. The lowest BCUT2D eigenvalue weighted by molar-refractivity contribution is 0.0593. The van der Waals surface area contributed by atoms with Gasteiger partial charge < -0.3 is 14.9 Å². The van der Waals surface area contributed by atoms with Gasteiger partial charge in [-0.25, -0.2) is 9.78 Å². The number of aromatic nitrogens is 1. The molecule has 0 aliphatic carbocycles. The second-order valence-electron chi connectivity index (χ2n) is 3.73. The second-order valence-corrected chi connectivity index (χ2v) is 3.73. The average Bonchev–Trinajstić information content (AvgIpc) is 2.39. The van der Waals surface area contributed by atoms with E-state index in [0.29, 0.717) is 25.3 Å². The average molecular weight is 254 g/mol. The van der Waals surface area contributed by atoms with E-state index in [1.165, 1.54) is 7.11 Å².